The van der Waals surface area contributed by atoms with E-state index in [2.05, 4.69) is 0 Å². The standard InChI is InChI=1S/C25H17NO4/c1-12-9-15(10-13(2)22(12)26)20-18-8-7-14(11-19(18)30-25(20)29)21-23(27)16-5-3-4-6-17(16)24(21)28/h3-11H,26H2,1-2H3. The first-order chi connectivity index (χ1) is 14.4. The van der Waals surface area contributed by atoms with Crippen molar-refractivity contribution in [2.24, 2.45) is 0 Å². The lowest BCUT2D eigenvalue weighted by atomic mass is 9.97. The molecule has 2 aliphatic rings. The number of ketones is 2. The lowest BCUT2D eigenvalue weighted by Gasteiger charge is -2.08. The summed E-state index contributed by atoms with van der Waals surface area (Å²) < 4.78 is 5.49. The number of anilines is 1. The van der Waals surface area contributed by atoms with Crippen LogP contribution in [0.15, 0.2) is 54.6 Å². The monoisotopic (exact) mass is 395 g/mol. The van der Waals surface area contributed by atoms with E-state index in [-0.39, 0.29) is 17.1 Å². The van der Waals surface area contributed by atoms with E-state index in [1.54, 1.807) is 42.5 Å². The van der Waals surface area contributed by atoms with E-state index < -0.39 is 5.97 Å². The molecule has 5 rings (SSSR count). The number of carbonyl (C=O) groups excluding carboxylic acids is 3. The highest BCUT2D eigenvalue weighted by Gasteiger charge is 2.33. The molecule has 0 atom stereocenters. The first-order valence-electron chi connectivity index (χ1n) is 9.53. The molecule has 30 heavy (non-hydrogen) atoms. The molecule has 5 heteroatoms. The number of hydrogen-bond acceptors (Lipinski definition) is 5. The zero-order valence-electron chi connectivity index (χ0n) is 16.4. The second-order valence-electron chi connectivity index (χ2n) is 7.58. The molecular weight excluding hydrogens is 378 g/mol. The summed E-state index contributed by atoms with van der Waals surface area (Å²) in [4.78, 5) is 38.2. The van der Waals surface area contributed by atoms with Gasteiger partial charge in [-0.05, 0) is 60.0 Å². The number of aryl methyl sites for hydroxylation is 2. The highest BCUT2D eigenvalue weighted by atomic mass is 16.5. The van der Waals surface area contributed by atoms with Gasteiger partial charge in [0.25, 0.3) is 0 Å². The van der Waals surface area contributed by atoms with Gasteiger partial charge in [-0.2, -0.15) is 0 Å². The molecule has 1 aliphatic heterocycles. The van der Waals surface area contributed by atoms with Crippen molar-refractivity contribution in [3.8, 4) is 5.75 Å². The molecule has 0 radical (unpaired) electrons. The Balaban J connectivity index is 1.73. The average molecular weight is 395 g/mol. The van der Waals surface area contributed by atoms with Crippen LogP contribution < -0.4 is 20.9 Å². The first kappa shape index (κ1) is 18.1. The van der Waals surface area contributed by atoms with Gasteiger partial charge in [-0.3, -0.25) is 9.59 Å². The molecule has 0 saturated heterocycles. The molecule has 1 aliphatic carbocycles. The molecule has 146 valence electrons. The van der Waals surface area contributed by atoms with E-state index in [0.29, 0.717) is 38.6 Å². The molecule has 0 fully saturated rings. The van der Waals surface area contributed by atoms with Crippen LogP contribution in [0.25, 0.3) is 11.1 Å². The van der Waals surface area contributed by atoms with Gasteiger partial charge < -0.3 is 10.5 Å². The van der Waals surface area contributed by atoms with Gasteiger partial charge in [-0.25, -0.2) is 4.79 Å². The Bertz CT molecular complexity index is 1390. The third-order valence-electron chi connectivity index (χ3n) is 5.70. The van der Waals surface area contributed by atoms with Gasteiger partial charge in [0.1, 0.15) is 5.75 Å². The predicted molar refractivity (Wildman–Crippen MR) is 113 cm³/mol. The zero-order chi connectivity index (χ0) is 21.2. The lowest BCUT2D eigenvalue weighted by Crippen LogP contribution is -2.17. The summed E-state index contributed by atoms with van der Waals surface area (Å²) in [5.74, 6) is -0.755. The van der Waals surface area contributed by atoms with Crippen LogP contribution in [0.5, 0.6) is 5.75 Å². The number of Topliss-reactive ketones (excluding diaryl/α,β-unsaturated/α-hetero) is 2. The molecule has 1 heterocycles. The first-order valence-corrected chi connectivity index (χ1v) is 9.53. The van der Waals surface area contributed by atoms with Crippen molar-refractivity contribution in [2.45, 2.75) is 13.8 Å². The van der Waals surface area contributed by atoms with Crippen LogP contribution in [0.3, 0.4) is 0 Å². The number of rotatable bonds is 1. The second-order valence-corrected chi connectivity index (χ2v) is 7.58. The van der Waals surface area contributed by atoms with Crippen LogP contribution in [-0.2, 0) is 4.79 Å². The van der Waals surface area contributed by atoms with Crippen LogP contribution in [-0.4, -0.2) is 17.5 Å². The van der Waals surface area contributed by atoms with Crippen molar-refractivity contribution in [3.63, 3.8) is 0 Å². The van der Waals surface area contributed by atoms with Gasteiger partial charge in [0.2, 0.25) is 0 Å². The van der Waals surface area contributed by atoms with Gasteiger partial charge >= 0.3 is 5.97 Å². The quantitative estimate of drug-likeness (QED) is 0.388. The van der Waals surface area contributed by atoms with Crippen LogP contribution in [0.2, 0.25) is 0 Å². The Hall–Kier alpha value is -3.99. The summed E-state index contributed by atoms with van der Waals surface area (Å²) in [6.45, 7) is 3.78. The number of nitrogen functional groups attached to an aromatic ring is 1. The maximum atomic E-state index is 12.8. The summed E-state index contributed by atoms with van der Waals surface area (Å²) in [5.41, 5.74) is 10.6. The van der Waals surface area contributed by atoms with Crippen molar-refractivity contribution in [1.82, 2.24) is 0 Å². The molecule has 0 bridgehead atoms. The smallest absolute Gasteiger partial charge is 0.344 e. The molecule has 0 saturated carbocycles. The van der Waals surface area contributed by atoms with E-state index in [4.69, 9.17) is 10.5 Å². The summed E-state index contributed by atoms with van der Waals surface area (Å²) in [5, 5.41) is 1.07. The second kappa shape index (κ2) is 6.26. The summed E-state index contributed by atoms with van der Waals surface area (Å²) >= 11 is 0. The van der Waals surface area contributed by atoms with Crippen molar-refractivity contribution >= 4 is 34.4 Å². The molecule has 0 aromatic heterocycles. The fourth-order valence-electron chi connectivity index (χ4n) is 4.14. The van der Waals surface area contributed by atoms with Crippen molar-refractivity contribution < 1.29 is 19.1 Å². The SMILES string of the molecule is Cc1cc(C2=c3ccc(=C4C(=O)c5ccccc5C4=O)cc3OC2=O)cc(C)c1N. The van der Waals surface area contributed by atoms with Crippen LogP contribution in [0.1, 0.15) is 37.4 Å². The van der Waals surface area contributed by atoms with E-state index in [0.717, 1.165) is 16.7 Å². The molecule has 5 nitrogen and oxygen atoms in total. The van der Waals surface area contributed by atoms with Crippen LogP contribution in [0.4, 0.5) is 5.69 Å². The average Bonchev–Trinajstić information content (AvgIpc) is 3.18. The summed E-state index contributed by atoms with van der Waals surface area (Å²) in [6.07, 6.45) is 0. The minimum absolute atomic E-state index is 0.0997. The minimum Gasteiger partial charge on any atom is -0.422 e. The minimum atomic E-state index is -0.469. The predicted octanol–water partition coefficient (Wildman–Crippen LogP) is 2.23. The maximum absolute atomic E-state index is 12.8. The molecule has 3 aromatic carbocycles. The molecule has 0 spiro atoms. The van der Waals surface area contributed by atoms with E-state index in [1.165, 1.54) is 0 Å². The Morgan fingerprint density at radius 1 is 0.767 bits per heavy atom. The summed E-state index contributed by atoms with van der Waals surface area (Å²) in [7, 11) is 0. The molecule has 3 aromatic rings. The Morgan fingerprint density at radius 3 is 1.97 bits per heavy atom. The topological polar surface area (TPSA) is 86.5 Å². The van der Waals surface area contributed by atoms with Crippen LogP contribution >= 0.6 is 0 Å². The van der Waals surface area contributed by atoms with Gasteiger partial charge in [-0.1, -0.05) is 30.3 Å². The van der Waals surface area contributed by atoms with Gasteiger partial charge in [0.15, 0.2) is 11.6 Å². The number of fused-ring (bicyclic) bond motifs is 2. The third kappa shape index (κ3) is 2.45. The van der Waals surface area contributed by atoms with E-state index in [1.807, 2.05) is 26.0 Å². The normalized spacial score (nSPS) is 14.8. The summed E-state index contributed by atoms with van der Waals surface area (Å²) in [6, 6.07) is 15.5. The Morgan fingerprint density at radius 2 is 1.37 bits per heavy atom. The van der Waals surface area contributed by atoms with Gasteiger partial charge in [0.05, 0.1) is 11.1 Å². The maximum Gasteiger partial charge on any atom is 0.344 e. The fourth-order valence-corrected chi connectivity index (χ4v) is 4.14. The number of hydrogen-bond donors (Lipinski definition) is 1. The van der Waals surface area contributed by atoms with E-state index in [9.17, 15) is 14.4 Å². The Kier molecular flexibility index (Phi) is 3.77. The number of carbonyl (C=O) groups is 3. The third-order valence-corrected chi connectivity index (χ3v) is 5.70. The molecule has 2 N–H and O–H groups in total. The molecule has 0 unspecified atom stereocenters. The number of benzene rings is 3. The largest absolute Gasteiger partial charge is 0.422 e. The van der Waals surface area contributed by atoms with E-state index >= 15 is 0 Å². The highest BCUT2D eigenvalue weighted by Crippen LogP contribution is 2.28. The number of esters is 1. The van der Waals surface area contributed by atoms with Crippen molar-refractivity contribution in [1.29, 1.82) is 0 Å². The zero-order valence-corrected chi connectivity index (χ0v) is 16.4. The highest BCUT2D eigenvalue weighted by molar-refractivity contribution is 6.55. The number of ether oxygens (including phenoxy) is 1. The van der Waals surface area contributed by atoms with Crippen molar-refractivity contribution in [3.05, 3.63) is 92.9 Å². The van der Waals surface area contributed by atoms with Gasteiger partial charge in [-0.15, -0.1) is 0 Å². The van der Waals surface area contributed by atoms with Crippen molar-refractivity contribution in [2.75, 3.05) is 5.73 Å². The van der Waals surface area contributed by atoms with Crippen LogP contribution in [0, 0.1) is 13.8 Å². The van der Waals surface area contributed by atoms with Gasteiger partial charge in [0, 0.05) is 22.0 Å². The molecular formula is C25H17NO4. The number of nitrogens with two attached hydrogens (primary N) is 1. The fraction of sp³-hybridized carbons (Fsp3) is 0.0800. The lowest BCUT2D eigenvalue weighted by molar-refractivity contribution is -0.127. The molecule has 0 amide bonds. The Labute approximate surface area is 172 Å².